The lowest BCUT2D eigenvalue weighted by Gasteiger charge is -2.23. The first-order chi connectivity index (χ1) is 14.9. The fourth-order valence-corrected chi connectivity index (χ4v) is 5.48. The van der Waals surface area contributed by atoms with Crippen molar-refractivity contribution in [1.29, 1.82) is 0 Å². The minimum absolute atomic E-state index is 0.987. The van der Waals surface area contributed by atoms with Crippen LogP contribution in [0.15, 0.2) is 75.7 Å². The molecule has 0 radical (unpaired) electrons. The van der Waals surface area contributed by atoms with Gasteiger partial charge in [0, 0.05) is 29.2 Å². The van der Waals surface area contributed by atoms with Crippen molar-refractivity contribution in [2.45, 2.75) is 23.4 Å². The first kappa shape index (κ1) is 21.9. The van der Waals surface area contributed by atoms with Crippen molar-refractivity contribution in [2.24, 2.45) is 0 Å². The van der Waals surface area contributed by atoms with Crippen LogP contribution in [-0.4, -0.2) is 42.9 Å². The molecule has 1 aromatic heterocycles. The van der Waals surface area contributed by atoms with E-state index in [0.717, 1.165) is 44.8 Å². The van der Waals surface area contributed by atoms with Crippen molar-refractivity contribution in [1.82, 2.24) is 4.98 Å². The predicted octanol–water partition coefficient (Wildman–Crippen LogP) is 5.37. The summed E-state index contributed by atoms with van der Waals surface area (Å²) >= 11 is 3.60. The summed E-state index contributed by atoms with van der Waals surface area (Å²) in [5, 5.41) is 5.66. The second kappa shape index (κ2) is 9.47. The van der Waals surface area contributed by atoms with Crippen LogP contribution in [0.3, 0.4) is 0 Å². The predicted molar refractivity (Wildman–Crippen MR) is 133 cm³/mol. The highest BCUT2D eigenvalue weighted by Gasteiger charge is 2.22. The van der Waals surface area contributed by atoms with Crippen LogP contribution in [0, 0.1) is 6.92 Å². The van der Waals surface area contributed by atoms with Crippen LogP contribution in [0.25, 0.3) is 11.8 Å². The molecule has 4 rings (SSSR count). The van der Waals surface area contributed by atoms with E-state index in [1.807, 2.05) is 11.8 Å². The van der Waals surface area contributed by atoms with Gasteiger partial charge < -0.3 is 9.80 Å². The number of fused-ring (bicyclic) bond motifs is 1. The first-order valence-corrected chi connectivity index (χ1v) is 12.4. The topological polar surface area (TPSA) is 28.8 Å². The molecule has 0 saturated heterocycles. The maximum absolute atomic E-state index is 5.06. The van der Waals surface area contributed by atoms with E-state index < -0.39 is 0 Å². The van der Waals surface area contributed by atoms with Gasteiger partial charge in [0.2, 0.25) is 0 Å². The lowest BCUT2D eigenvalue weighted by molar-refractivity contribution is -0.870. The fourth-order valence-electron chi connectivity index (χ4n) is 3.52. The monoisotopic (exact) mass is 450 g/mol. The third-order valence-corrected chi connectivity index (χ3v) is 7.03. The number of aryl methyl sites for hydroxylation is 1. The van der Waals surface area contributed by atoms with Crippen LogP contribution < -0.4 is 9.88 Å². The highest BCUT2D eigenvalue weighted by atomic mass is 32.2. The maximum Gasteiger partial charge on any atom is 0.365 e. The van der Waals surface area contributed by atoms with E-state index in [4.69, 9.17) is 4.98 Å². The molecule has 0 saturated carbocycles. The SMILES string of the molecule is Cc1cc(/C=C2\Nc3ccccc3S2)nc(SCCC[N+](C)(C)C)[n+]1-c1ccccc1. The average Bonchev–Trinajstić information content (AvgIpc) is 3.13. The summed E-state index contributed by atoms with van der Waals surface area (Å²) in [4.78, 5) is 6.32. The number of benzene rings is 2. The van der Waals surface area contributed by atoms with Gasteiger partial charge >= 0.3 is 5.16 Å². The molecule has 0 fully saturated rings. The number of para-hydroxylation sites is 2. The summed E-state index contributed by atoms with van der Waals surface area (Å²) < 4.78 is 3.25. The molecule has 31 heavy (non-hydrogen) atoms. The minimum atomic E-state index is 0.987. The van der Waals surface area contributed by atoms with Gasteiger partial charge in [-0.3, -0.25) is 0 Å². The van der Waals surface area contributed by atoms with Gasteiger partial charge in [0.25, 0.3) is 0 Å². The summed E-state index contributed by atoms with van der Waals surface area (Å²) in [6, 6.07) is 21.1. The zero-order valence-electron chi connectivity index (χ0n) is 18.6. The van der Waals surface area contributed by atoms with Crippen LogP contribution in [-0.2, 0) is 0 Å². The molecule has 1 aliphatic heterocycles. The van der Waals surface area contributed by atoms with E-state index in [-0.39, 0.29) is 0 Å². The molecule has 1 aliphatic rings. The number of anilines is 1. The Labute approximate surface area is 194 Å². The summed E-state index contributed by atoms with van der Waals surface area (Å²) in [5.41, 5.74) is 4.49. The van der Waals surface area contributed by atoms with Crippen LogP contribution >= 0.6 is 23.5 Å². The van der Waals surface area contributed by atoms with Crippen LogP contribution in [0.5, 0.6) is 0 Å². The molecule has 0 aliphatic carbocycles. The Kier molecular flexibility index (Phi) is 6.70. The highest BCUT2D eigenvalue weighted by Crippen LogP contribution is 2.41. The standard InChI is InChI=1S/C25H29N4S2/c1-19-17-20(18-24-27-22-13-8-9-14-23(22)31-24)26-25(30-16-10-15-29(2,3)4)28(19)21-11-6-5-7-12-21/h5-9,11-14,17-18H,10,15-16H2,1-4H3/q+1/p+1. The fraction of sp³-hybridized carbons (Fsp3) is 0.280. The van der Waals surface area contributed by atoms with E-state index >= 15 is 0 Å². The molecule has 160 valence electrons. The minimum Gasteiger partial charge on any atom is -0.349 e. The third-order valence-electron chi connectivity index (χ3n) is 4.99. The van der Waals surface area contributed by atoms with Gasteiger partial charge in [-0.15, -0.1) is 0 Å². The highest BCUT2D eigenvalue weighted by molar-refractivity contribution is 8.03. The first-order valence-electron chi connectivity index (χ1n) is 10.6. The molecule has 0 unspecified atom stereocenters. The Balaban J connectivity index is 1.62. The van der Waals surface area contributed by atoms with Crippen molar-refractivity contribution in [3.05, 3.63) is 77.1 Å². The molecular formula is C25H30N4S2+2. The van der Waals surface area contributed by atoms with Crippen LogP contribution in [0.1, 0.15) is 17.8 Å². The van der Waals surface area contributed by atoms with Crippen molar-refractivity contribution < 1.29 is 9.05 Å². The van der Waals surface area contributed by atoms with E-state index in [2.05, 4.69) is 105 Å². The number of rotatable bonds is 7. The molecule has 0 bridgehead atoms. The van der Waals surface area contributed by atoms with Crippen molar-refractivity contribution >= 4 is 35.3 Å². The van der Waals surface area contributed by atoms with Gasteiger partial charge in [0.05, 0.1) is 38.4 Å². The summed E-state index contributed by atoms with van der Waals surface area (Å²) in [5.74, 6) is 1.05. The van der Waals surface area contributed by atoms with Crippen molar-refractivity contribution in [3.63, 3.8) is 0 Å². The number of quaternary nitrogens is 1. The van der Waals surface area contributed by atoms with Crippen molar-refractivity contribution in [3.8, 4) is 5.69 Å². The van der Waals surface area contributed by atoms with Gasteiger partial charge in [0.15, 0.2) is 5.69 Å². The van der Waals surface area contributed by atoms with Gasteiger partial charge in [-0.25, -0.2) is 0 Å². The molecule has 0 spiro atoms. The molecule has 2 aromatic carbocycles. The maximum atomic E-state index is 5.06. The Morgan fingerprint density at radius 2 is 1.81 bits per heavy atom. The van der Waals surface area contributed by atoms with Gasteiger partial charge in [-0.05, 0) is 47.9 Å². The number of thioether (sulfide) groups is 2. The second-order valence-electron chi connectivity index (χ2n) is 8.72. The number of hydrogen-bond donors (Lipinski definition) is 1. The molecule has 0 atom stereocenters. The van der Waals surface area contributed by atoms with Gasteiger partial charge in [0.1, 0.15) is 11.4 Å². The molecule has 1 N–H and O–H groups in total. The molecular weight excluding hydrogens is 420 g/mol. The number of aromatic nitrogens is 2. The Hall–Kier alpha value is -2.28. The summed E-state index contributed by atoms with van der Waals surface area (Å²) in [6.45, 7) is 3.32. The largest absolute Gasteiger partial charge is 0.365 e. The van der Waals surface area contributed by atoms with Gasteiger partial charge in [-0.2, -0.15) is 4.57 Å². The van der Waals surface area contributed by atoms with E-state index in [9.17, 15) is 0 Å². The smallest absolute Gasteiger partial charge is 0.349 e. The number of nitrogens with zero attached hydrogens (tertiary/aromatic N) is 3. The van der Waals surface area contributed by atoms with Gasteiger partial charge in [-0.1, -0.05) is 42.1 Å². The normalized spacial score (nSPS) is 14.5. The van der Waals surface area contributed by atoms with Crippen LogP contribution in [0.4, 0.5) is 5.69 Å². The Bertz CT molecular complexity index is 1060. The Morgan fingerprint density at radius 1 is 1.06 bits per heavy atom. The average molecular weight is 451 g/mol. The second-order valence-corrected chi connectivity index (χ2v) is 10.9. The molecule has 4 nitrogen and oxygen atoms in total. The van der Waals surface area contributed by atoms with Crippen molar-refractivity contribution in [2.75, 3.05) is 38.8 Å². The molecule has 0 amide bonds. The lowest BCUT2D eigenvalue weighted by atomic mass is 10.2. The molecule has 3 aromatic rings. The van der Waals surface area contributed by atoms with E-state index in [1.165, 1.54) is 16.3 Å². The summed E-state index contributed by atoms with van der Waals surface area (Å²) in [7, 11) is 6.73. The number of hydrogen-bond acceptors (Lipinski definition) is 4. The lowest BCUT2D eigenvalue weighted by Crippen LogP contribution is -2.38. The zero-order chi connectivity index (χ0) is 21.8. The quantitative estimate of drug-likeness (QED) is 0.172. The van der Waals surface area contributed by atoms with E-state index in [1.54, 1.807) is 11.8 Å². The Morgan fingerprint density at radius 3 is 2.55 bits per heavy atom. The van der Waals surface area contributed by atoms with Crippen LogP contribution in [0.2, 0.25) is 0 Å². The summed E-state index contributed by atoms with van der Waals surface area (Å²) in [6.07, 6.45) is 3.31. The zero-order valence-corrected chi connectivity index (χ0v) is 20.3. The third kappa shape index (κ3) is 5.70. The van der Waals surface area contributed by atoms with E-state index in [0.29, 0.717) is 0 Å². The molecule has 6 heteroatoms. The number of nitrogens with one attached hydrogen (secondary N) is 1. The molecule has 2 heterocycles.